The van der Waals surface area contributed by atoms with Crippen LogP contribution in [0.5, 0.6) is 0 Å². The third-order valence-electron chi connectivity index (χ3n) is 3.79. The van der Waals surface area contributed by atoms with Gasteiger partial charge in [0.1, 0.15) is 6.10 Å². The lowest BCUT2D eigenvalue weighted by molar-refractivity contribution is -0.0703. The zero-order valence-corrected chi connectivity index (χ0v) is 12.1. The molecule has 5 heteroatoms. The van der Waals surface area contributed by atoms with Crippen molar-refractivity contribution in [2.75, 3.05) is 6.61 Å². The molecule has 1 aromatic carbocycles. The van der Waals surface area contributed by atoms with E-state index in [0.717, 1.165) is 19.3 Å². The van der Waals surface area contributed by atoms with Crippen molar-refractivity contribution in [3.8, 4) is 0 Å². The van der Waals surface area contributed by atoms with E-state index in [4.69, 9.17) is 0 Å². The number of aryl methyl sites for hydroxylation is 1. The van der Waals surface area contributed by atoms with Gasteiger partial charge in [0.05, 0.1) is 24.1 Å². The lowest BCUT2D eigenvalue weighted by atomic mass is 9.97. The van der Waals surface area contributed by atoms with E-state index < -0.39 is 23.6 Å². The molecule has 1 aliphatic rings. The molecule has 1 aliphatic heterocycles. The molecule has 0 amide bonds. The SMILES string of the molecule is OC[C@H]1S[C@@H](CCCc2ccccc2)[C@H](O)[C@@H](O)[C@@H]1O. The summed E-state index contributed by atoms with van der Waals surface area (Å²) in [6.45, 7) is -0.190. The van der Waals surface area contributed by atoms with Gasteiger partial charge >= 0.3 is 0 Å². The monoisotopic (exact) mass is 298 g/mol. The number of hydrogen-bond donors (Lipinski definition) is 4. The largest absolute Gasteiger partial charge is 0.395 e. The number of rotatable bonds is 5. The number of hydrogen-bond acceptors (Lipinski definition) is 5. The average Bonchev–Trinajstić information content (AvgIpc) is 2.48. The van der Waals surface area contributed by atoms with Crippen molar-refractivity contribution in [1.29, 1.82) is 0 Å². The number of thioether (sulfide) groups is 1. The molecule has 0 unspecified atom stereocenters. The molecule has 0 spiro atoms. The van der Waals surface area contributed by atoms with Crippen molar-refractivity contribution < 1.29 is 20.4 Å². The normalized spacial score (nSPS) is 34.1. The van der Waals surface area contributed by atoms with Gasteiger partial charge in [-0.25, -0.2) is 0 Å². The maximum absolute atomic E-state index is 10.0. The van der Waals surface area contributed by atoms with E-state index in [2.05, 4.69) is 12.1 Å². The van der Waals surface area contributed by atoms with E-state index in [0.29, 0.717) is 0 Å². The Balaban J connectivity index is 1.85. The Hall–Kier alpha value is -0.590. The topological polar surface area (TPSA) is 80.9 Å². The van der Waals surface area contributed by atoms with Crippen molar-refractivity contribution in [3.05, 3.63) is 35.9 Å². The Kier molecular flexibility index (Phi) is 5.86. The fourth-order valence-corrected chi connectivity index (χ4v) is 4.05. The summed E-state index contributed by atoms with van der Waals surface area (Å²) in [5.41, 5.74) is 1.25. The molecular formula is C15H22O4S. The van der Waals surface area contributed by atoms with Gasteiger partial charge in [0.25, 0.3) is 0 Å². The standard InChI is InChI=1S/C15H22O4S/c16-9-12-14(18)15(19)13(17)11(20-12)8-4-7-10-5-2-1-3-6-10/h1-3,5-6,11-19H,4,7-9H2/t11-,12+,13-,14+,15+/m0/s1. The highest BCUT2D eigenvalue weighted by Gasteiger charge is 2.42. The summed E-state index contributed by atoms with van der Waals surface area (Å²) < 4.78 is 0. The van der Waals surface area contributed by atoms with Gasteiger partial charge in [-0.2, -0.15) is 0 Å². The summed E-state index contributed by atoms with van der Waals surface area (Å²) in [6, 6.07) is 10.1. The molecule has 1 fully saturated rings. The Bertz CT molecular complexity index is 398. The summed E-state index contributed by atoms with van der Waals surface area (Å²) >= 11 is 1.38. The number of aliphatic hydroxyl groups is 4. The maximum Gasteiger partial charge on any atom is 0.108 e. The molecule has 2 rings (SSSR count). The number of aliphatic hydroxyl groups excluding tert-OH is 4. The van der Waals surface area contributed by atoms with E-state index in [1.807, 2.05) is 18.2 Å². The van der Waals surface area contributed by atoms with Crippen molar-refractivity contribution in [1.82, 2.24) is 0 Å². The lowest BCUT2D eigenvalue weighted by Gasteiger charge is -2.39. The van der Waals surface area contributed by atoms with Crippen LogP contribution in [0.3, 0.4) is 0 Å². The molecule has 1 saturated heterocycles. The van der Waals surface area contributed by atoms with Gasteiger partial charge in [-0.1, -0.05) is 30.3 Å². The summed E-state index contributed by atoms with van der Waals surface area (Å²) in [5.74, 6) is 0. The minimum absolute atomic E-state index is 0.144. The first-order valence-corrected chi connectivity index (χ1v) is 7.92. The quantitative estimate of drug-likeness (QED) is 0.639. The third-order valence-corrected chi connectivity index (χ3v) is 5.43. The minimum atomic E-state index is -1.17. The van der Waals surface area contributed by atoms with Crippen molar-refractivity contribution in [2.45, 2.75) is 48.1 Å². The predicted octanol–water partition coefficient (Wildman–Crippen LogP) is 0.568. The predicted molar refractivity (Wildman–Crippen MR) is 79.7 cm³/mol. The van der Waals surface area contributed by atoms with Gasteiger partial charge in [0.2, 0.25) is 0 Å². The van der Waals surface area contributed by atoms with Crippen LogP contribution in [0.4, 0.5) is 0 Å². The maximum atomic E-state index is 10.0. The van der Waals surface area contributed by atoms with Gasteiger partial charge in [0, 0.05) is 5.25 Å². The van der Waals surface area contributed by atoms with E-state index in [9.17, 15) is 20.4 Å². The van der Waals surface area contributed by atoms with Gasteiger partial charge < -0.3 is 20.4 Å². The van der Waals surface area contributed by atoms with Crippen LogP contribution in [0.15, 0.2) is 30.3 Å². The molecule has 4 nitrogen and oxygen atoms in total. The van der Waals surface area contributed by atoms with Crippen molar-refractivity contribution in [3.63, 3.8) is 0 Å². The zero-order valence-electron chi connectivity index (χ0n) is 11.3. The molecule has 5 atom stereocenters. The lowest BCUT2D eigenvalue weighted by Crippen LogP contribution is -2.53. The summed E-state index contributed by atoms with van der Waals surface area (Å²) in [6.07, 6.45) is -0.595. The van der Waals surface area contributed by atoms with Crippen molar-refractivity contribution in [2.24, 2.45) is 0 Å². The van der Waals surface area contributed by atoms with E-state index in [1.165, 1.54) is 17.3 Å². The third kappa shape index (κ3) is 3.74. The molecule has 1 aromatic rings. The van der Waals surface area contributed by atoms with Gasteiger partial charge in [-0.3, -0.25) is 0 Å². The van der Waals surface area contributed by atoms with E-state index >= 15 is 0 Å². The second kappa shape index (κ2) is 7.43. The summed E-state index contributed by atoms with van der Waals surface area (Å²) in [7, 11) is 0. The van der Waals surface area contributed by atoms with Gasteiger partial charge in [-0.05, 0) is 24.8 Å². The Morgan fingerprint density at radius 2 is 1.55 bits per heavy atom. The molecular weight excluding hydrogens is 276 g/mol. The highest BCUT2D eigenvalue weighted by atomic mass is 32.2. The Morgan fingerprint density at radius 3 is 2.20 bits per heavy atom. The molecule has 20 heavy (non-hydrogen) atoms. The first-order valence-electron chi connectivity index (χ1n) is 6.98. The first-order chi connectivity index (χ1) is 9.63. The van der Waals surface area contributed by atoms with Crippen LogP contribution >= 0.6 is 11.8 Å². The zero-order chi connectivity index (χ0) is 14.5. The molecule has 0 radical (unpaired) electrons. The molecule has 4 N–H and O–H groups in total. The summed E-state index contributed by atoms with van der Waals surface area (Å²) in [4.78, 5) is 0. The van der Waals surface area contributed by atoms with Gasteiger partial charge in [-0.15, -0.1) is 11.8 Å². The molecule has 0 saturated carbocycles. The Labute approximate surface area is 123 Å². The van der Waals surface area contributed by atoms with Crippen LogP contribution in [0, 0.1) is 0 Å². The second-order valence-corrected chi connectivity index (χ2v) is 6.73. The van der Waals surface area contributed by atoms with Crippen molar-refractivity contribution >= 4 is 11.8 Å². The highest BCUT2D eigenvalue weighted by molar-refractivity contribution is 8.00. The molecule has 0 aliphatic carbocycles. The molecule has 0 bridgehead atoms. The minimum Gasteiger partial charge on any atom is -0.395 e. The summed E-state index contributed by atoms with van der Waals surface area (Å²) in [5, 5.41) is 38.2. The number of benzene rings is 1. The molecule has 0 aromatic heterocycles. The fraction of sp³-hybridized carbons (Fsp3) is 0.600. The van der Waals surface area contributed by atoms with Gasteiger partial charge in [0.15, 0.2) is 0 Å². The second-order valence-electron chi connectivity index (χ2n) is 5.25. The molecule has 112 valence electrons. The highest BCUT2D eigenvalue weighted by Crippen LogP contribution is 2.35. The first kappa shape index (κ1) is 15.8. The van der Waals surface area contributed by atoms with Crippen LogP contribution in [-0.4, -0.2) is 55.8 Å². The van der Waals surface area contributed by atoms with Crippen LogP contribution in [0.1, 0.15) is 18.4 Å². The smallest absolute Gasteiger partial charge is 0.108 e. The average molecular weight is 298 g/mol. The van der Waals surface area contributed by atoms with Crippen LogP contribution < -0.4 is 0 Å². The fourth-order valence-electron chi connectivity index (χ4n) is 2.57. The van der Waals surface area contributed by atoms with Crippen LogP contribution in [-0.2, 0) is 6.42 Å². The van der Waals surface area contributed by atoms with Crippen LogP contribution in [0.2, 0.25) is 0 Å². The molecule has 1 heterocycles. The van der Waals surface area contributed by atoms with E-state index in [1.54, 1.807) is 0 Å². The van der Waals surface area contributed by atoms with Crippen LogP contribution in [0.25, 0.3) is 0 Å². The Morgan fingerprint density at radius 1 is 0.900 bits per heavy atom. The van der Waals surface area contributed by atoms with E-state index in [-0.39, 0.29) is 11.9 Å².